The van der Waals surface area contributed by atoms with E-state index in [-0.39, 0.29) is 5.91 Å². The van der Waals surface area contributed by atoms with E-state index in [0.29, 0.717) is 25.0 Å². The van der Waals surface area contributed by atoms with Crippen molar-refractivity contribution in [3.63, 3.8) is 0 Å². The van der Waals surface area contributed by atoms with Crippen LogP contribution in [0, 0.1) is 5.92 Å². The van der Waals surface area contributed by atoms with E-state index in [1.54, 1.807) is 0 Å². The standard InChI is InChI=1S/C10H21N3O/c1-2-8-4-3-5-13(7-10(12)14)9(8)6-11/h8-9H,2-7,11H2,1H3,(H2,12,14). The molecule has 82 valence electrons. The molecule has 2 unspecified atom stereocenters. The Hall–Kier alpha value is -0.610. The van der Waals surface area contributed by atoms with Gasteiger partial charge in [0.2, 0.25) is 5.91 Å². The normalized spacial score (nSPS) is 29.0. The SMILES string of the molecule is CCC1CCCN(CC(N)=O)C1CN. The summed E-state index contributed by atoms with van der Waals surface area (Å²) >= 11 is 0. The molecule has 1 aliphatic rings. The van der Waals surface area contributed by atoms with Crippen LogP contribution in [-0.4, -0.2) is 36.5 Å². The molecule has 1 rings (SSSR count). The van der Waals surface area contributed by atoms with Crippen molar-refractivity contribution >= 4 is 5.91 Å². The van der Waals surface area contributed by atoms with Gasteiger partial charge in [-0.05, 0) is 25.3 Å². The Bertz CT molecular complexity index is 196. The average molecular weight is 199 g/mol. The maximum absolute atomic E-state index is 10.9. The Morgan fingerprint density at radius 2 is 2.29 bits per heavy atom. The van der Waals surface area contributed by atoms with Crippen LogP contribution >= 0.6 is 0 Å². The summed E-state index contributed by atoms with van der Waals surface area (Å²) in [6, 6.07) is 0.348. The molecule has 1 fully saturated rings. The minimum Gasteiger partial charge on any atom is -0.369 e. The lowest BCUT2D eigenvalue weighted by Crippen LogP contribution is -2.51. The van der Waals surface area contributed by atoms with E-state index in [1.165, 1.54) is 6.42 Å². The van der Waals surface area contributed by atoms with Crippen molar-refractivity contribution in [1.82, 2.24) is 4.90 Å². The van der Waals surface area contributed by atoms with Crippen molar-refractivity contribution in [3.05, 3.63) is 0 Å². The van der Waals surface area contributed by atoms with Gasteiger partial charge in [0.1, 0.15) is 0 Å². The lowest BCUT2D eigenvalue weighted by molar-refractivity contribution is -0.120. The number of carbonyl (C=O) groups excluding carboxylic acids is 1. The van der Waals surface area contributed by atoms with Gasteiger partial charge in [-0.1, -0.05) is 13.3 Å². The third-order valence-corrected chi connectivity index (χ3v) is 3.16. The Morgan fingerprint density at radius 3 is 2.79 bits per heavy atom. The summed E-state index contributed by atoms with van der Waals surface area (Å²) in [5.41, 5.74) is 10.9. The molecule has 2 atom stereocenters. The number of piperidine rings is 1. The molecule has 1 aliphatic heterocycles. The molecule has 0 radical (unpaired) electrons. The van der Waals surface area contributed by atoms with Gasteiger partial charge in [0.05, 0.1) is 6.54 Å². The third-order valence-electron chi connectivity index (χ3n) is 3.16. The van der Waals surface area contributed by atoms with Gasteiger partial charge in [-0.15, -0.1) is 0 Å². The van der Waals surface area contributed by atoms with Gasteiger partial charge in [-0.2, -0.15) is 0 Å². The second-order valence-electron chi connectivity index (χ2n) is 4.05. The Kier molecular flexibility index (Phi) is 4.35. The number of amides is 1. The highest BCUT2D eigenvalue weighted by Crippen LogP contribution is 2.25. The molecular weight excluding hydrogens is 178 g/mol. The summed E-state index contributed by atoms with van der Waals surface area (Å²) < 4.78 is 0. The number of hydrogen-bond acceptors (Lipinski definition) is 3. The predicted molar refractivity (Wildman–Crippen MR) is 56.6 cm³/mol. The number of primary amides is 1. The van der Waals surface area contributed by atoms with Crippen LogP contribution in [0.5, 0.6) is 0 Å². The number of likely N-dealkylation sites (tertiary alicyclic amines) is 1. The molecule has 0 aliphatic carbocycles. The molecule has 4 N–H and O–H groups in total. The first-order chi connectivity index (χ1) is 6.69. The number of hydrogen-bond donors (Lipinski definition) is 2. The fraction of sp³-hybridized carbons (Fsp3) is 0.900. The monoisotopic (exact) mass is 199 g/mol. The first kappa shape index (κ1) is 11.5. The molecule has 1 heterocycles. The van der Waals surface area contributed by atoms with Gasteiger partial charge in [0, 0.05) is 12.6 Å². The first-order valence-corrected chi connectivity index (χ1v) is 5.41. The second-order valence-corrected chi connectivity index (χ2v) is 4.05. The van der Waals surface area contributed by atoms with Crippen molar-refractivity contribution < 1.29 is 4.79 Å². The van der Waals surface area contributed by atoms with Crippen LogP contribution in [0.25, 0.3) is 0 Å². The van der Waals surface area contributed by atoms with Crippen LogP contribution in [0.1, 0.15) is 26.2 Å². The van der Waals surface area contributed by atoms with Gasteiger partial charge in [0.25, 0.3) is 0 Å². The molecule has 4 nitrogen and oxygen atoms in total. The van der Waals surface area contributed by atoms with Gasteiger partial charge in [-0.3, -0.25) is 9.69 Å². The van der Waals surface area contributed by atoms with Crippen LogP contribution in [0.4, 0.5) is 0 Å². The Balaban J connectivity index is 2.58. The van der Waals surface area contributed by atoms with Crippen LogP contribution in [0.3, 0.4) is 0 Å². The summed E-state index contributed by atoms with van der Waals surface area (Å²) in [7, 11) is 0. The smallest absolute Gasteiger partial charge is 0.231 e. The molecule has 0 bridgehead atoms. The van der Waals surface area contributed by atoms with Gasteiger partial charge < -0.3 is 11.5 Å². The minimum atomic E-state index is -0.250. The van der Waals surface area contributed by atoms with Crippen molar-refractivity contribution in [3.8, 4) is 0 Å². The van der Waals surface area contributed by atoms with E-state index in [9.17, 15) is 4.79 Å². The van der Waals surface area contributed by atoms with E-state index >= 15 is 0 Å². The number of rotatable bonds is 4. The minimum absolute atomic E-state index is 0.250. The average Bonchev–Trinajstić information content (AvgIpc) is 2.16. The third kappa shape index (κ3) is 2.69. The van der Waals surface area contributed by atoms with E-state index < -0.39 is 0 Å². The number of nitrogens with zero attached hydrogens (tertiary/aromatic N) is 1. The molecule has 0 saturated carbocycles. The Labute approximate surface area is 85.6 Å². The summed E-state index contributed by atoms with van der Waals surface area (Å²) in [6.07, 6.45) is 3.52. The van der Waals surface area contributed by atoms with Crippen molar-refractivity contribution in [1.29, 1.82) is 0 Å². The largest absolute Gasteiger partial charge is 0.369 e. The fourth-order valence-electron chi connectivity index (χ4n) is 2.43. The van der Waals surface area contributed by atoms with Gasteiger partial charge in [-0.25, -0.2) is 0 Å². The van der Waals surface area contributed by atoms with E-state index in [2.05, 4.69) is 11.8 Å². The van der Waals surface area contributed by atoms with Crippen molar-refractivity contribution in [2.75, 3.05) is 19.6 Å². The van der Waals surface area contributed by atoms with E-state index in [1.807, 2.05) is 0 Å². The molecule has 0 aromatic rings. The number of nitrogens with two attached hydrogens (primary N) is 2. The lowest BCUT2D eigenvalue weighted by Gasteiger charge is -2.39. The highest BCUT2D eigenvalue weighted by Gasteiger charge is 2.29. The first-order valence-electron chi connectivity index (χ1n) is 5.41. The summed E-state index contributed by atoms with van der Waals surface area (Å²) in [4.78, 5) is 13.0. The summed E-state index contributed by atoms with van der Waals surface area (Å²) in [5, 5.41) is 0. The Morgan fingerprint density at radius 1 is 1.57 bits per heavy atom. The molecule has 4 heteroatoms. The molecule has 14 heavy (non-hydrogen) atoms. The highest BCUT2D eigenvalue weighted by molar-refractivity contribution is 5.76. The molecule has 0 aromatic carbocycles. The molecule has 1 amide bonds. The van der Waals surface area contributed by atoms with Gasteiger partial charge in [0.15, 0.2) is 0 Å². The maximum Gasteiger partial charge on any atom is 0.231 e. The second kappa shape index (κ2) is 5.32. The fourth-order valence-corrected chi connectivity index (χ4v) is 2.43. The van der Waals surface area contributed by atoms with Gasteiger partial charge >= 0.3 is 0 Å². The van der Waals surface area contributed by atoms with Crippen LogP contribution in [0.15, 0.2) is 0 Å². The zero-order chi connectivity index (χ0) is 10.6. The molecule has 0 aromatic heterocycles. The topological polar surface area (TPSA) is 72.3 Å². The molecular formula is C10H21N3O. The van der Waals surface area contributed by atoms with Crippen molar-refractivity contribution in [2.24, 2.45) is 17.4 Å². The van der Waals surface area contributed by atoms with Crippen LogP contribution < -0.4 is 11.5 Å². The van der Waals surface area contributed by atoms with E-state index in [0.717, 1.165) is 19.4 Å². The van der Waals surface area contributed by atoms with E-state index in [4.69, 9.17) is 11.5 Å². The lowest BCUT2D eigenvalue weighted by atomic mass is 9.87. The molecule has 0 spiro atoms. The highest BCUT2D eigenvalue weighted by atomic mass is 16.1. The number of carbonyl (C=O) groups is 1. The quantitative estimate of drug-likeness (QED) is 0.665. The maximum atomic E-state index is 10.9. The summed E-state index contributed by atoms with van der Waals surface area (Å²) in [5.74, 6) is 0.383. The molecule has 1 saturated heterocycles. The predicted octanol–water partition coefficient (Wildman–Crippen LogP) is -0.0790. The van der Waals surface area contributed by atoms with Crippen molar-refractivity contribution in [2.45, 2.75) is 32.2 Å². The summed E-state index contributed by atoms with van der Waals surface area (Å²) in [6.45, 7) is 4.13. The zero-order valence-electron chi connectivity index (χ0n) is 8.91. The van der Waals surface area contributed by atoms with Crippen LogP contribution in [0.2, 0.25) is 0 Å². The van der Waals surface area contributed by atoms with Crippen LogP contribution in [-0.2, 0) is 4.79 Å². The zero-order valence-corrected chi connectivity index (χ0v) is 8.91.